The summed E-state index contributed by atoms with van der Waals surface area (Å²) in [6.07, 6.45) is 2.81. The highest BCUT2D eigenvalue weighted by molar-refractivity contribution is 6.04. The lowest BCUT2D eigenvalue weighted by atomic mass is 10.0. The second-order valence-electron chi connectivity index (χ2n) is 5.80. The van der Waals surface area contributed by atoms with Crippen LogP contribution >= 0.6 is 0 Å². The van der Waals surface area contributed by atoms with Crippen LogP contribution in [0.25, 0.3) is 0 Å². The molecule has 2 fully saturated rings. The number of benzene rings is 1. The highest BCUT2D eigenvalue weighted by atomic mass is 16.5. The van der Waals surface area contributed by atoms with Crippen molar-refractivity contribution in [2.45, 2.75) is 32.5 Å². The van der Waals surface area contributed by atoms with Gasteiger partial charge in [0, 0.05) is 0 Å². The molecule has 1 aromatic carbocycles. The summed E-state index contributed by atoms with van der Waals surface area (Å²) >= 11 is 0. The SMILES string of the molecule is [B]N1CC2CC(OCc3ccccc3C)CC2C1. The van der Waals surface area contributed by atoms with Crippen LogP contribution in [0.5, 0.6) is 0 Å². The molecule has 0 bridgehead atoms. The van der Waals surface area contributed by atoms with Crippen LogP contribution in [0, 0.1) is 18.8 Å². The van der Waals surface area contributed by atoms with E-state index in [2.05, 4.69) is 31.2 Å². The first-order valence-electron chi connectivity index (χ1n) is 6.88. The standard InChI is InChI=1S/C15H20BNO/c1-11-4-2-3-5-12(11)10-18-15-6-13-8-17(16)9-14(13)7-15/h2-5,13-15H,6-10H2,1H3. The van der Waals surface area contributed by atoms with E-state index in [-0.39, 0.29) is 0 Å². The van der Waals surface area contributed by atoms with Crippen molar-refractivity contribution in [2.75, 3.05) is 13.1 Å². The molecule has 2 atom stereocenters. The van der Waals surface area contributed by atoms with E-state index >= 15 is 0 Å². The molecule has 3 rings (SSSR count). The zero-order valence-corrected chi connectivity index (χ0v) is 11.0. The van der Waals surface area contributed by atoms with Gasteiger partial charge in [-0.1, -0.05) is 24.3 Å². The molecule has 1 aromatic rings. The molecule has 1 aliphatic heterocycles. The van der Waals surface area contributed by atoms with Gasteiger partial charge in [-0.3, -0.25) is 0 Å². The summed E-state index contributed by atoms with van der Waals surface area (Å²) in [6.45, 7) is 5.00. The largest absolute Gasteiger partial charge is 0.374 e. The van der Waals surface area contributed by atoms with E-state index < -0.39 is 0 Å². The van der Waals surface area contributed by atoms with Crippen molar-refractivity contribution in [1.29, 1.82) is 0 Å². The van der Waals surface area contributed by atoms with Crippen LogP contribution in [-0.2, 0) is 11.3 Å². The van der Waals surface area contributed by atoms with Gasteiger partial charge in [-0.25, -0.2) is 0 Å². The van der Waals surface area contributed by atoms with Gasteiger partial charge >= 0.3 is 0 Å². The minimum absolute atomic E-state index is 0.438. The Kier molecular flexibility index (Phi) is 3.44. The summed E-state index contributed by atoms with van der Waals surface area (Å²) in [7, 11) is 5.85. The number of aryl methyl sites for hydroxylation is 1. The average molecular weight is 241 g/mol. The van der Waals surface area contributed by atoms with Crippen molar-refractivity contribution in [1.82, 2.24) is 4.81 Å². The van der Waals surface area contributed by atoms with Gasteiger partial charge in [0.1, 0.15) is 0 Å². The quantitative estimate of drug-likeness (QED) is 0.753. The number of rotatable bonds is 3. The highest BCUT2D eigenvalue weighted by Crippen LogP contribution is 2.38. The van der Waals surface area contributed by atoms with Crippen molar-refractivity contribution >= 4 is 7.98 Å². The van der Waals surface area contributed by atoms with Gasteiger partial charge in [-0.15, -0.1) is 0 Å². The van der Waals surface area contributed by atoms with E-state index in [9.17, 15) is 0 Å². The van der Waals surface area contributed by atoms with Gasteiger partial charge in [-0.2, -0.15) is 0 Å². The van der Waals surface area contributed by atoms with E-state index in [4.69, 9.17) is 12.7 Å². The van der Waals surface area contributed by atoms with E-state index in [0.717, 1.165) is 31.5 Å². The third kappa shape index (κ3) is 2.48. The molecular formula is C15H20BNO. The number of hydrogen-bond acceptors (Lipinski definition) is 2. The fraction of sp³-hybridized carbons (Fsp3) is 0.600. The molecule has 1 heterocycles. The molecule has 1 aliphatic carbocycles. The molecule has 1 saturated heterocycles. The maximum absolute atomic E-state index is 6.08. The lowest BCUT2D eigenvalue weighted by molar-refractivity contribution is 0.0389. The molecule has 2 aliphatic rings. The Morgan fingerprint density at radius 1 is 1.22 bits per heavy atom. The van der Waals surface area contributed by atoms with Gasteiger partial charge in [-0.05, 0) is 55.8 Å². The zero-order valence-electron chi connectivity index (χ0n) is 11.0. The second kappa shape index (κ2) is 5.06. The van der Waals surface area contributed by atoms with Gasteiger partial charge < -0.3 is 9.55 Å². The van der Waals surface area contributed by atoms with Crippen molar-refractivity contribution in [3.8, 4) is 0 Å². The first kappa shape index (κ1) is 12.2. The molecule has 0 spiro atoms. The maximum Gasteiger partial charge on any atom is 0.182 e. The van der Waals surface area contributed by atoms with E-state index in [1.807, 2.05) is 4.81 Å². The molecule has 2 radical (unpaired) electrons. The van der Waals surface area contributed by atoms with Gasteiger partial charge in [0.25, 0.3) is 0 Å². The minimum Gasteiger partial charge on any atom is -0.374 e. The van der Waals surface area contributed by atoms with E-state index in [0.29, 0.717) is 6.10 Å². The molecule has 0 aromatic heterocycles. The molecule has 3 heteroatoms. The van der Waals surface area contributed by atoms with Crippen molar-refractivity contribution in [2.24, 2.45) is 11.8 Å². The first-order chi connectivity index (χ1) is 8.72. The van der Waals surface area contributed by atoms with Crippen LogP contribution in [-0.4, -0.2) is 32.0 Å². The lowest BCUT2D eigenvalue weighted by Crippen LogP contribution is -2.20. The number of ether oxygens (including phenoxy) is 1. The molecule has 0 N–H and O–H groups in total. The molecule has 94 valence electrons. The zero-order chi connectivity index (χ0) is 12.5. The maximum atomic E-state index is 6.08. The van der Waals surface area contributed by atoms with Gasteiger partial charge in [0.15, 0.2) is 7.98 Å². The number of fused-ring (bicyclic) bond motifs is 1. The van der Waals surface area contributed by atoms with E-state index in [1.54, 1.807) is 0 Å². The summed E-state index contributed by atoms with van der Waals surface area (Å²) in [4.78, 5) is 1.97. The summed E-state index contributed by atoms with van der Waals surface area (Å²) in [5.41, 5.74) is 2.64. The molecule has 1 saturated carbocycles. The first-order valence-corrected chi connectivity index (χ1v) is 6.88. The predicted octanol–water partition coefficient (Wildman–Crippen LogP) is 2.31. The Labute approximate surface area is 111 Å². The van der Waals surface area contributed by atoms with Crippen molar-refractivity contribution in [3.63, 3.8) is 0 Å². The summed E-state index contributed by atoms with van der Waals surface area (Å²) in [5, 5.41) is 0. The second-order valence-corrected chi connectivity index (χ2v) is 5.80. The Morgan fingerprint density at radius 3 is 2.56 bits per heavy atom. The Bertz CT molecular complexity index is 409. The topological polar surface area (TPSA) is 12.5 Å². The Hall–Kier alpha value is -0.795. The number of hydrogen-bond donors (Lipinski definition) is 0. The molecule has 2 unspecified atom stereocenters. The highest BCUT2D eigenvalue weighted by Gasteiger charge is 2.39. The van der Waals surface area contributed by atoms with Crippen LogP contribution in [0.1, 0.15) is 24.0 Å². The third-order valence-corrected chi connectivity index (χ3v) is 4.47. The smallest absolute Gasteiger partial charge is 0.182 e. The summed E-state index contributed by atoms with van der Waals surface area (Å²) in [6, 6.07) is 8.47. The van der Waals surface area contributed by atoms with Gasteiger partial charge in [0.2, 0.25) is 0 Å². The van der Waals surface area contributed by atoms with Crippen LogP contribution in [0.3, 0.4) is 0 Å². The normalized spacial score (nSPS) is 31.7. The summed E-state index contributed by atoms with van der Waals surface area (Å²) in [5.74, 6) is 1.52. The fourth-order valence-electron chi connectivity index (χ4n) is 3.40. The van der Waals surface area contributed by atoms with Crippen molar-refractivity contribution in [3.05, 3.63) is 35.4 Å². The minimum atomic E-state index is 0.438. The Morgan fingerprint density at radius 2 is 1.89 bits per heavy atom. The van der Waals surface area contributed by atoms with Crippen molar-refractivity contribution < 1.29 is 4.74 Å². The molecular weight excluding hydrogens is 221 g/mol. The fourth-order valence-corrected chi connectivity index (χ4v) is 3.40. The predicted molar refractivity (Wildman–Crippen MR) is 73.3 cm³/mol. The lowest BCUT2D eigenvalue weighted by Gasteiger charge is -2.16. The summed E-state index contributed by atoms with van der Waals surface area (Å²) < 4.78 is 6.08. The molecule has 0 amide bonds. The Balaban J connectivity index is 1.52. The number of nitrogens with zero attached hydrogens (tertiary/aromatic N) is 1. The van der Waals surface area contributed by atoms with Crippen LogP contribution in [0.15, 0.2) is 24.3 Å². The molecule has 18 heavy (non-hydrogen) atoms. The van der Waals surface area contributed by atoms with Gasteiger partial charge in [0.05, 0.1) is 12.7 Å². The average Bonchev–Trinajstić information content (AvgIpc) is 2.84. The van der Waals surface area contributed by atoms with Crippen LogP contribution in [0.2, 0.25) is 0 Å². The van der Waals surface area contributed by atoms with E-state index in [1.165, 1.54) is 24.0 Å². The van der Waals surface area contributed by atoms with Crippen LogP contribution < -0.4 is 0 Å². The monoisotopic (exact) mass is 241 g/mol. The third-order valence-electron chi connectivity index (χ3n) is 4.47. The van der Waals surface area contributed by atoms with Crippen LogP contribution in [0.4, 0.5) is 0 Å². The molecule has 2 nitrogen and oxygen atoms in total.